The fourth-order valence-corrected chi connectivity index (χ4v) is 2.46. The van der Waals surface area contributed by atoms with E-state index in [9.17, 15) is 4.39 Å². The van der Waals surface area contributed by atoms with Crippen LogP contribution in [0.2, 0.25) is 0 Å². The molecule has 0 aliphatic heterocycles. The molecule has 0 spiro atoms. The van der Waals surface area contributed by atoms with E-state index >= 15 is 0 Å². The van der Waals surface area contributed by atoms with Crippen molar-refractivity contribution in [3.63, 3.8) is 0 Å². The van der Waals surface area contributed by atoms with Crippen LogP contribution in [0, 0.1) is 5.82 Å². The second-order valence-corrected chi connectivity index (χ2v) is 4.48. The molecule has 1 aromatic rings. The summed E-state index contributed by atoms with van der Waals surface area (Å²) in [4.78, 5) is 0. The molecular formula is C13H18FNO2. The Morgan fingerprint density at radius 3 is 2.47 bits per heavy atom. The molecule has 0 radical (unpaired) electrons. The van der Waals surface area contributed by atoms with Gasteiger partial charge < -0.3 is 15.2 Å². The number of halogens is 1. The maximum absolute atomic E-state index is 13.8. The summed E-state index contributed by atoms with van der Waals surface area (Å²) in [7, 11) is 3.08. The predicted octanol–water partition coefficient (Wildman–Crippen LogP) is 2.22. The Hall–Kier alpha value is -1.29. The third-order valence-electron chi connectivity index (χ3n) is 3.50. The zero-order valence-corrected chi connectivity index (χ0v) is 10.3. The Kier molecular flexibility index (Phi) is 3.24. The fraction of sp³-hybridized carbons (Fsp3) is 0.538. The van der Waals surface area contributed by atoms with Gasteiger partial charge in [0.1, 0.15) is 5.75 Å². The maximum Gasteiger partial charge on any atom is 0.165 e. The number of hydrogen-bond donors (Lipinski definition) is 1. The Morgan fingerprint density at radius 2 is 2.00 bits per heavy atom. The molecule has 1 aromatic carbocycles. The van der Waals surface area contributed by atoms with Gasteiger partial charge in [-0.3, -0.25) is 0 Å². The number of nitrogens with two attached hydrogens (primary N) is 1. The van der Waals surface area contributed by atoms with Gasteiger partial charge in [0.25, 0.3) is 0 Å². The van der Waals surface area contributed by atoms with E-state index in [4.69, 9.17) is 15.2 Å². The molecule has 0 amide bonds. The first kappa shape index (κ1) is 12.2. The van der Waals surface area contributed by atoms with Crippen molar-refractivity contribution in [3.05, 3.63) is 23.5 Å². The van der Waals surface area contributed by atoms with Crippen LogP contribution in [0.5, 0.6) is 11.5 Å². The highest BCUT2D eigenvalue weighted by Gasteiger charge is 2.47. The SMILES string of the molecule is COc1ccc(F)c(OC)c1C1(CCN)CC1. The minimum Gasteiger partial charge on any atom is -0.496 e. The molecule has 3 nitrogen and oxygen atoms in total. The van der Waals surface area contributed by atoms with Crippen LogP contribution in [-0.4, -0.2) is 20.8 Å². The summed E-state index contributed by atoms with van der Waals surface area (Å²) in [6, 6.07) is 3.03. The third kappa shape index (κ3) is 1.97. The predicted molar refractivity (Wildman–Crippen MR) is 64.1 cm³/mol. The van der Waals surface area contributed by atoms with Crippen LogP contribution < -0.4 is 15.2 Å². The summed E-state index contributed by atoms with van der Waals surface area (Å²) in [5.41, 5.74) is 6.43. The van der Waals surface area contributed by atoms with Gasteiger partial charge in [-0.1, -0.05) is 0 Å². The lowest BCUT2D eigenvalue weighted by Gasteiger charge is -2.21. The molecule has 4 heteroatoms. The lowest BCUT2D eigenvalue weighted by atomic mass is 9.90. The molecule has 1 aliphatic carbocycles. The highest BCUT2D eigenvalue weighted by molar-refractivity contribution is 5.53. The molecule has 1 aliphatic rings. The molecule has 0 bridgehead atoms. The van der Waals surface area contributed by atoms with Crippen LogP contribution in [0.1, 0.15) is 24.8 Å². The van der Waals surface area contributed by atoms with E-state index in [2.05, 4.69) is 0 Å². The van der Waals surface area contributed by atoms with Crippen molar-refractivity contribution in [1.29, 1.82) is 0 Å². The normalized spacial score (nSPS) is 16.7. The molecular weight excluding hydrogens is 221 g/mol. The first-order valence-electron chi connectivity index (χ1n) is 5.79. The minimum absolute atomic E-state index is 0.0481. The van der Waals surface area contributed by atoms with Gasteiger partial charge >= 0.3 is 0 Å². The highest BCUT2D eigenvalue weighted by Crippen LogP contribution is 2.57. The van der Waals surface area contributed by atoms with Crippen molar-refractivity contribution in [2.45, 2.75) is 24.7 Å². The lowest BCUT2D eigenvalue weighted by molar-refractivity contribution is 0.355. The number of methoxy groups -OCH3 is 2. The Bertz CT molecular complexity index is 416. The Morgan fingerprint density at radius 1 is 1.29 bits per heavy atom. The summed E-state index contributed by atoms with van der Waals surface area (Å²) in [6.45, 7) is 0.586. The van der Waals surface area contributed by atoms with E-state index in [0.29, 0.717) is 18.0 Å². The summed E-state index contributed by atoms with van der Waals surface area (Å²) >= 11 is 0. The lowest BCUT2D eigenvalue weighted by Crippen LogP contribution is -2.16. The average Bonchev–Trinajstić information content (AvgIpc) is 3.10. The third-order valence-corrected chi connectivity index (χ3v) is 3.50. The largest absolute Gasteiger partial charge is 0.496 e. The zero-order valence-electron chi connectivity index (χ0n) is 10.3. The average molecular weight is 239 g/mol. The topological polar surface area (TPSA) is 44.5 Å². The number of hydrogen-bond acceptors (Lipinski definition) is 3. The van der Waals surface area contributed by atoms with E-state index < -0.39 is 0 Å². The standard InChI is InChI=1S/C13H18FNO2/c1-16-10-4-3-9(14)12(17-2)11(10)13(5-6-13)7-8-15/h3-4H,5-8,15H2,1-2H3. The fourth-order valence-electron chi connectivity index (χ4n) is 2.46. The summed E-state index contributed by atoms with van der Waals surface area (Å²) in [5.74, 6) is 0.649. The molecule has 0 aromatic heterocycles. The Balaban J connectivity index is 2.53. The molecule has 0 saturated heterocycles. The quantitative estimate of drug-likeness (QED) is 0.857. The van der Waals surface area contributed by atoms with Crippen LogP contribution in [0.4, 0.5) is 4.39 Å². The maximum atomic E-state index is 13.8. The van der Waals surface area contributed by atoms with Crippen LogP contribution in [0.15, 0.2) is 12.1 Å². The van der Waals surface area contributed by atoms with Gasteiger partial charge in [0.15, 0.2) is 11.6 Å². The van der Waals surface area contributed by atoms with Gasteiger partial charge in [-0.05, 0) is 37.9 Å². The van der Waals surface area contributed by atoms with Gasteiger partial charge in [0.2, 0.25) is 0 Å². The van der Waals surface area contributed by atoms with E-state index in [1.165, 1.54) is 13.2 Å². The van der Waals surface area contributed by atoms with Gasteiger partial charge in [-0.2, -0.15) is 0 Å². The van der Waals surface area contributed by atoms with Crippen LogP contribution in [-0.2, 0) is 5.41 Å². The molecule has 1 fully saturated rings. The second kappa shape index (κ2) is 4.53. The van der Waals surface area contributed by atoms with Crippen molar-refractivity contribution in [1.82, 2.24) is 0 Å². The van der Waals surface area contributed by atoms with Crippen LogP contribution in [0.25, 0.3) is 0 Å². The molecule has 0 atom stereocenters. The highest BCUT2D eigenvalue weighted by atomic mass is 19.1. The molecule has 0 heterocycles. The molecule has 17 heavy (non-hydrogen) atoms. The molecule has 2 N–H and O–H groups in total. The first-order valence-corrected chi connectivity index (χ1v) is 5.79. The second-order valence-electron chi connectivity index (χ2n) is 4.48. The van der Waals surface area contributed by atoms with Crippen molar-refractivity contribution in [3.8, 4) is 11.5 Å². The molecule has 94 valence electrons. The smallest absolute Gasteiger partial charge is 0.165 e. The van der Waals surface area contributed by atoms with E-state index in [-0.39, 0.29) is 11.2 Å². The molecule has 1 saturated carbocycles. The van der Waals surface area contributed by atoms with E-state index in [1.54, 1.807) is 13.2 Å². The van der Waals surface area contributed by atoms with Gasteiger partial charge in [0.05, 0.1) is 14.2 Å². The molecule has 2 rings (SSSR count). The van der Waals surface area contributed by atoms with Crippen molar-refractivity contribution in [2.75, 3.05) is 20.8 Å². The number of ether oxygens (including phenoxy) is 2. The summed E-state index contributed by atoms with van der Waals surface area (Å²) in [6.07, 6.45) is 2.86. The van der Waals surface area contributed by atoms with Gasteiger partial charge in [-0.25, -0.2) is 4.39 Å². The zero-order chi connectivity index (χ0) is 12.5. The number of rotatable bonds is 5. The van der Waals surface area contributed by atoms with Crippen molar-refractivity contribution < 1.29 is 13.9 Å². The Labute approximate surface area is 101 Å². The minimum atomic E-state index is -0.341. The van der Waals surface area contributed by atoms with Gasteiger partial charge in [0, 0.05) is 11.0 Å². The summed E-state index contributed by atoms with van der Waals surface area (Å²) in [5, 5.41) is 0. The van der Waals surface area contributed by atoms with Gasteiger partial charge in [-0.15, -0.1) is 0 Å². The van der Waals surface area contributed by atoms with Crippen molar-refractivity contribution in [2.24, 2.45) is 5.73 Å². The molecule has 0 unspecified atom stereocenters. The van der Waals surface area contributed by atoms with E-state index in [1.807, 2.05) is 0 Å². The first-order chi connectivity index (χ1) is 8.18. The number of benzene rings is 1. The van der Waals surface area contributed by atoms with Crippen LogP contribution in [0.3, 0.4) is 0 Å². The van der Waals surface area contributed by atoms with Crippen LogP contribution >= 0.6 is 0 Å². The summed E-state index contributed by atoms with van der Waals surface area (Å²) < 4.78 is 24.3. The van der Waals surface area contributed by atoms with E-state index in [0.717, 1.165) is 24.8 Å². The van der Waals surface area contributed by atoms with Crippen molar-refractivity contribution >= 4 is 0 Å². The monoisotopic (exact) mass is 239 g/mol.